The summed E-state index contributed by atoms with van der Waals surface area (Å²) in [6.45, 7) is 6.06. The summed E-state index contributed by atoms with van der Waals surface area (Å²) in [7, 11) is 3.81. The molecule has 0 radical (unpaired) electrons. The van der Waals surface area contributed by atoms with Gasteiger partial charge in [-0.1, -0.05) is 18.2 Å². The standard InChI is InChI=1S/C22H35N7O/c1-4-23-22(24-14-8-9-15-28(2)19-10-6-5-7-11-19)25-18-12-13-21-26-20(17-30-3)27-29(21)16-18/h5-7,10-11,18H,4,8-9,12-17H2,1-3H3,(H2,23,24,25). The van der Waals surface area contributed by atoms with Gasteiger partial charge in [-0.25, -0.2) is 9.67 Å². The Morgan fingerprint density at radius 2 is 2.13 bits per heavy atom. The first-order chi connectivity index (χ1) is 14.7. The number of methoxy groups -OCH3 is 1. The minimum Gasteiger partial charge on any atom is -0.377 e. The van der Waals surface area contributed by atoms with Crippen molar-refractivity contribution in [3.8, 4) is 0 Å². The van der Waals surface area contributed by atoms with Crippen LogP contribution in [0.3, 0.4) is 0 Å². The number of unbranched alkanes of at least 4 members (excludes halogenated alkanes) is 1. The van der Waals surface area contributed by atoms with Crippen LogP contribution in [0.4, 0.5) is 5.69 Å². The first kappa shape index (κ1) is 22.1. The van der Waals surface area contributed by atoms with Gasteiger partial charge in [-0.05, 0) is 38.3 Å². The molecule has 3 rings (SSSR count). The van der Waals surface area contributed by atoms with Crippen LogP contribution in [0.5, 0.6) is 0 Å². The van der Waals surface area contributed by atoms with Crippen LogP contribution in [0.25, 0.3) is 0 Å². The fraction of sp³-hybridized carbons (Fsp3) is 0.591. The molecule has 0 aliphatic carbocycles. The summed E-state index contributed by atoms with van der Waals surface area (Å²) in [6, 6.07) is 10.8. The highest BCUT2D eigenvalue weighted by Gasteiger charge is 2.22. The van der Waals surface area contributed by atoms with Gasteiger partial charge < -0.3 is 20.3 Å². The molecule has 1 unspecified atom stereocenters. The molecule has 0 spiro atoms. The maximum Gasteiger partial charge on any atom is 0.191 e. The second kappa shape index (κ2) is 11.5. The van der Waals surface area contributed by atoms with Gasteiger partial charge in [0.2, 0.25) is 0 Å². The summed E-state index contributed by atoms with van der Waals surface area (Å²) >= 11 is 0. The van der Waals surface area contributed by atoms with Crippen molar-refractivity contribution in [2.45, 2.75) is 51.8 Å². The largest absolute Gasteiger partial charge is 0.377 e. The number of hydrogen-bond acceptors (Lipinski definition) is 5. The van der Waals surface area contributed by atoms with Crippen LogP contribution in [0.2, 0.25) is 0 Å². The molecule has 0 fully saturated rings. The zero-order chi connectivity index (χ0) is 21.2. The molecule has 1 aliphatic heterocycles. The molecule has 1 aliphatic rings. The second-order valence-electron chi connectivity index (χ2n) is 7.66. The topological polar surface area (TPSA) is 79.6 Å². The maximum absolute atomic E-state index is 5.15. The number of aliphatic imine (C=N–C) groups is 1. The molecule has 8 nitrogen and oxygen atoms in total. The van der Waals surface area contributed by atoms with E-state index < -0.39 is 0 Å². The number of fused-ring (bicyclic) bond motifs is 1. The molecule has 164 valence electrons. The van der Waals surface area contributed by atoms with Crippen LogP contribution in [0.1, 0.15) is 37.8 Å². The molecule has 8 heteroatoms. The molecule has 0 amide bonds. The van der Waals surface area contributed by atoms with Crippen LogP contribution in [0, 0.1) is 0 Å². The van der Waals surface area contributed by atoms with E-state index in [9.17, 15) is 0 Å². The Morgan fingerprint density at radius 3 is 2.90 bits per heavy atom. The Hall–Kier alpha value is -2.61. The van der Waals surface area contributed by atoms with E-state index in [1.54, 1.807) is 7.11 Å². The number of benzene rings is 1. The quantitative estimate of drug-likeness (QED) is 0.353. The lowest BCUT2D eigenvalue weighted by Crippen LogP contribution is -2.47. The number of guanidine groups is 1. The fourth-order valence-corrected chi connectivity index (χ4v) is 3.65. The van der Waals surface area contributed by atoms with Gasteiger partial charge in [-0.3, -0.25) is 4.99 Å². The Balaban J connectivity index is 1.44. The van der Waals surface area contributed by atoms with Gasteiger partial charge in [0.05, 0.1) is 6.54 Å². The van der Waals surface area contributed by atoms with Crippen molar-refractivity contribution in [1.82, 2.24) is 25.4 Å². The van der Waals surface area contributed by atoms with Crippen molar-refractivity contribution in [1.29, 1.82) is 0 Å². The monoisotopic (exact) mass is 413 g/mol. The minimum absolute atomic E-state index is 0.302. The summed E-state index contributed by atoms with van der Waals surface area (Å²) in [5, 5.41) is 11.5. The lowest BCUT2D eigenvalue weighted by molar-refractivity contribution is 0.177. The number of aromatic nitrogens is 3. The summed E-state index contributed by atoms with van der Waals surface area (Å²) in [5.74, 6) is 2.69. The number of aryl methyl sites for hydroxylation is 1. The lowest BCUT2D eigenvalue weighted by Gasteiger charge is -2.25. The zero-order valence-electron chi connectivity index (χ0n) is 18.5. The summed E-state index contributed by atoms with van der Waals surface area (Å²) in [5.41, 5.74) is 1.26. The van der Waals surface area contributed by atoms with Crippen molar-refractivity contribution in [3.05, 3.63) is 42.0 Å². The van der Waals surface area contributed by atoms with Crippen molar-refractivity contribution < 1.29 is 4.74 Å². The summed E-state index contributed by atoms with van der Waals surface area (Å²) < 4.78 is 7.15. The van der Waals surface area contributed by atoms with Crippen molar-refractivity contribution in [2.75, 3.05) is 38.7 Å². The number of nitrogens with zero attached hydrogens (tertiary/aromatic N) is 5. The molecular formula is C22H35N7O. The number of hydrogen-bond donors (Lipinski definition) is 2. The van der Waals surface area contributed by atoms with Gasteiger partial charge in [-0.15, -0.1) is 0 Å². The number of anilines is 1. The smallest absolute Gasteiger partial charge is 0.191 e. The van der Waals surface area contributed by atoms with Gasteiger partial charge in [-0.2, -0.15) is 5.10 Å². The Bertz CT molecular complexity index is 790. The van der Waals surface area contributed by atoms with Gasteiger partial charge in [0.1, 0.15) is 12.4 Å². The Kier molecular flexibility index (Phi) is 8.50. The number of rotatable bonds is 10. The first-order valence-electron chi connectivity index (χ1n) is 10.9. The highest BCUT2D eigenvalue weighted by molar-refractivity contribution is 5.80. The SMILES string of the molecule is CCNC(=NCCCCN(C)c1ccccc1)NC1CCc2nc(COC)nn2C1. The zero-order valence-corrected chi connectivity index (χ0v) is 18.5. The van der Waals surface area contributed by atoms with E-state index in [0.717, 1.165) is 69.5 Å². The third-order valence-corrected chi connectivity index (χ3v) is 5.23. The average molecular weight is 414 g/mol. The molecule has 0 bridgehead atoms. The van der Waals surface area contributed by atoms with Crippen molar-refractivity contribution in [3.63, 3.8) is 0 Å². The number of nitrogens with one attached hydrogen (secondary N) is 2. The molecule has 1 aromatic heterocycles. The number of ether oxygens (including phenoxy) is 1. The Morgan fingerprint density at radius 1 is 1.30 bits per heavy atom. The van der Waals surface area contributed by atoms with E-state index in [1.165, 1.54) is 5.69 Å². The molecule has 2 heterocycles. The molecule has 0 saturated heterocycles. The third-order valence-electron chi connectivity index (χ3n) is 5.23. The molecule has 30 heavy (non-hydrogen) atoms. The van der Waals surface area contributed by atoms with Crippen molar-refractivity contribution >= 4 is 11.6 Å². The van der Waals surface area contributed by atoms with E-state index >= 15 is 0 Å². The van der Waals surface area contributed by atoms with Gasteiger partial charge in [0.15, 0.2) is 11.8 Å². The molecule has 2 aromatic rings. The predicted molar refractivity (Wildman–Crippen MR) is 121 cm³/mol. The van der Waals surface area contributed by atoms with Crippen LogP contribution < -0.4 is 15.5 Å². The van der Waals surface area contributed by atoms with E-state index in [2.05, 4.69) is 69.9 Å². The van der Waals surface area contributed by atoms with Gasteiger partial charge in [0.25, 0.3) is 0 Å². The minimum atomic E-state index is 0.302. The fourth-order valence-electron chi connectivity index (χ4n) is 3.65. The number of para-hydroxylation sites is 1. The highest BCUT2D eigenvalue weighted by Crippen LogP contribution is 2.14. The third kappa shape index (κ3) is 6.45. The molecule has 1 aromatic carbocycles. The molecule has 2 N–H and O–H groups in total. The first-order valence-corrected chi connectivity index (χ1v) is 10.9. The van der Waals surface area contributed by atoms with Gasteiger partial charge >= 0.3 is 0 Å². The molecule has 1 atom stereocenters. The summed E-state index contributed by atoms with van der Waals surface area (Å²) in [4.78, 5) is 11.6. The van der Waals surface area contributed by atoms with E-state index in [0.29, 0.717) is 12.6 Å². The maximum atomic E-state index is 5.15. The van der Waals surface area contributed by atoms with Crippen molar-refractivity contribution in [2.24, 2.45) is 4.99 Å². The predicted octanol–water partition coefficient (Wildman–Crippen LogP) is 2.21. The molecular weight excluding hydrogens is 378 g/mol. The lowest BCUT2D eigenvalue weighted by atomic mass is 10.1. The average Bonchev–Trinajstić information content (AvgIpc) is 3.16. The van der Waals surface area contributed by atoms with E-state index in [-0.39, 0.29) is 0 Å². The van der Waals surface area contributed by atoms with E-state index in [4.69, 9.17) is 9.73 Å². The van der Waals surface area contributed by atoms with E-state index in [1.807, 2.05) is 4.68 Å². The molecule has 0 saturated carbocycles. The van der Waals surface area contributed by atoms with Gasteiger partial charge in [0, 0.05) is 51.9 Å². The Labute approximate surface area is 179 Å². The van der Waals surface area contributed by atoms with Crippen LogP contribution in [-0.4, -0.2) is 60.6 Å². The highest BCUT2D eigenvalue weighted by atomic mass is 16.5. The van der Waals surface area contributed by atoms with Crippen LogP contribution >= 0.6 is 0 Å². The second-order valence-corrected chi connectivity index (χ2v) is 7.66. The van der Waals surface area contributed by atoms with Crippen LogP contribution in [0.15, 0.2) is 35.3 Å². The normalized spacial score (nSPS) is 16.2. The summed E-state index contributed by atoms with van der Waals surface area (Å²) in [6.07, 6.45) is 4.12. The van der Waals surface area contributed by atoms with Crippen LogP contribution in [-0.2, 0) is 24.3 Å².